The first-order valence-corrected chi connectivity index (χ1v) is 7.13. The van der Waals surface area contributed by atoms with Gasteiger partial charge in [-0.05, 0) is 33.6 Å². The number of hydrogen-bond acceptors (Lipinski definition) is 4. The van der Waals surface area contributed by atoms with Gasteiger partial charge in [-0.3, -0.25) is 0 Å². The van der Waals surface area contributed by atoms with E-state index in [1.165, 1.54) is 6.42 Å². The standard InChI is InChI=1S/C14H24N4O2/c1-13(2,3)20-12(19)18-14(7-5-4-6-8-14)10-9-16-11(15)17-10/h9H,4-8H2,1-3H3,(H,18,19)(H3,15,16,17). The number of hydrogen-bond donors (Lipinski definition) is 3. The number of carbonyl (C=O) groups is 1. The number of ether oxygens (including phenoxy) is 1. The predicted molar refractivity (Wildman–Crippen MR) is 77.1 cm³/mol. The molecule has 0 saturated heterocycles. The van der Waals surface area contributed by atoms with Crippen LogP contribution in [0.5, 0.6) is 0 Å². The van der Waals surface area contributed by atoms with Crippen molar-refractivity contribution >= 4 is 12.0 Å². The molecule has 4 N–H and O–H groups in total. The molecule has 1 aliphatic carbocycles. The van der Waals surface area contributed by atoms with Gasteiger partial charge in [0.1, 0.15) is 5.60 Å². The Kier molecular flexibility index (Phi) is 3.92. The molecule has 0 bridgehead atoms. The first-order valence-electron chi connectivity index (χ1n) is 7.13. The summed E-state index contributed by atoms with van der Waals surface area (Å²) in [5.41, 5.74) is 5.58. The highest BCUT2D eigenvalue weighted by molar-refractivity contribution is 5.69. The van der Waals surface area contributed by atoms with E-state index in [4.69, 9.17) is 10.5 Å². The SMILES string of the molecule is CC(C)(C)OC(=O)NC1(c2cnc(N)[nH]2)CCCCC1. The molecule has 0 unspecified atom stereocenters. The first-order chi connectivity index (χ1) is 9.31. The molecule has 1 aliphatic rings. The molecule has 0 aromatic carbocycles. The molecular weight excluding hydrogens is 256 g/mol. The van der Waals surface area contributed by atoms with Crippen molar-refractivity contribution in [1.82, 2.24) is 15.3 Å². The van der Waals surface area contributed by atoms with Crippen molar-refractivity contribution in [3.05, 3.63) is 11.9 Å². The first kappa shape index (κ1) is 14.7. The Labute approximate surface area is 119 Å². The number of aromatic nitrogens is 2. The molecule has 0 aliphatic heterocycles. The summed E-state index contributed by atoms with van der Waals surface area (Å²) >= 11 is 0. The maximum absolute atomic E-state index is 12.1. The minimum atomic E-state index is -0.507. The number of rotatable bonds is 2. The summed E-state index contributed by atoms with van der Waals surface area (Å²) in [6, 6.07) is 0. The van der Waals surface area contributed by atoms with Gasteiger partial charge in [0.15, 0.2) is 5.95 Å². The van der Waals surface area contributed by atoms with E-state index in [-0.39, 0.29) is 0 Å². The number of nitrogens with zero attached hydrogens (tertiary/aromatic N) is 1. The summed E-state index contributed by atoms with van der Waals surface area (Å²) < 4.78 is 5.38. The fraction of sp³-hybridized carbons (Fsp3) is 0.714. The van der Waals surface area contributed by atoms with E-state index in [0.717, 1.165) is 31.4 Å². The summed E-state index contributed by atoms with van der Waals surface area (Å²) in [6.07, 6.45) is 6.36. The van der Waals surface area contributed by atoms with Crippen LogP contribution in [0, 0.1) is 0 Å². The summed E-state index contributed by atoms with van der Waals surface area (Å²) in [6.45, 7) is 5.57. The average molecular weight is 280 g/mol. The number of anilines is 1. The molecule has 0 spiro atoms. The van der Waals surface area contributed by atoms with Crippen LogP contribution in [0.2, 0.25) is 0 Å². The van der Waals surface area contributed by atoms with Crippen LogP contribution in [-0.2, 0) is 10.3 Å². The van der Waals surface area contributed by atoms with Gasteiger partial charge >= 0.3 is 6.09 Å². The van der Waals surface area contributed by atoms with Crippen molar-refractivity contribution in [3.63, 3.8) is 0 Å². The molecule has 20 heavy (non-hydrogen) atoms. The number of carbonyl (C=O) groups excluding carboxylic acids is 1. The zero-order valence-corrected chi connectivity index (χ0v) is 12.5. The van der Waals surface area contributed by atoms with Crippen LogP contribution in [-0.4, -0.2) is 21.7 Å². The van der Waals surface area contributed by atoms with Crippen molar-refractivity contribution in [3.8, 4) is 0 Å². The third kappa shape index (κ3) is 3.43. The van der Waals surface area contributed by atoms with Gasteiger partial charge in [-0.2, -0.15) is 0 Å². The number of H-pyrrole nitrogens is 1. The largest absolute Gasteiger partial charge is 0.444 e. The molecule has 1 saturated carbocycles. The second-order valence-corrected chi connectivity index (χ2v) is 6.45. The number of nitrogens with one attached hydrogen (secondary N) is 2. The van der Waals surface area contributed by atoms with Crippen molar-refractivity contribution in [2.45, 2.75) is 64.0 Å². The monoisotopic (exact) mass is 280 g/mol. The normalized spacial score (nSPS) is 18.6. The fourth-order valence-corrected chi connectivity index (χ4v) is 2.70. The van der Waals surface area contributed by atoms with Crippen molar-refractivity contribution in [2.24, 2.45) is 0 Å². The van der Waals surface area contributed by atoms with E-state index in [1.54, 1.807) is 6.20 Å². The summed E-state index contributed by atoms with van der Waals surface area (Å²) in [4.78, 5) is 19.2. The lowest BCUT2D eigenvalue weighted by Gasteiger charge is -2.37. The van der Waals surface area contributed by atoms with E-state index in [0.29, 0.717) is 5.95 Å². The van der Waals surface area contributed by atoms with Crippen LogP contribution in [0.3, 0.4) is 0 Å². The zero-order valence-electron chi connectivity index (χ0n) is 12.5. The molecule has 1 aromatic rings. The van der Waals surface area contributed by atoms with Gasteiger partial charge in [0.2, 0.25) is 0 Å². The summed E-state index contributed by atoms with van der Waals surface area (Å²) in [5, 5.41) is 3.03. The van der Waals surface area contributed by atoms with Crippen molar-refractivity contribution < 1.29 is 9.53 Å². The minimum absolute atomic E-state index is 0.371. The van der Waals surface area contributed by atoms with Crippen molar-refractivity contribution in [1.29, 1.82) is 0 Å². The quantitative estimate of drug-likeness (QED) is 0.776. The third-order valence-electron chi connectivity index (χ3n) is 3.56. The minimum Gasteiger partial charge on any atom is -0.444 e. The van der Waals surface area contributed by atoms with E-state index in [1.807, 2.05) is 20.8 Å². The molecule has 0 atom stereocenters. The van der Waals surface area contributed by atoms with E-state index in [9.17, 15) is 4.79 Å². The van der Waals surface area contributed by atoms with E-state index >= 15 is 0 Å². The molecule has 2 rings (SSSR count). The number of aromatic amines is 1. The van der Waals surface area contributed by atoms with Crippen LogP contribution < -0.4 is 11.1 Å². The Morgan fingerprint density at radius 3 is 2.55 bits per heavy atom. The predicted octanol–water partition coefficient (Wildman–Crippen LogP) is 2.68. The number of nitrogen functional groups attached to an aromatic ring is 1. The number of alkyl carbamates (subject to hydrolysis) is 1. The molecule has 1 heterocycles. The van der Waals surface area contributed by atoms with Gasteiger partial charge in [0.05, 0.1) is 17.4 Å². The molecule has 1 fully saturated rings. The van der Waals surface area contributed by atoms with Crippen molar-refractivity contribution in [2.75, 3.05) is 5.73 Å². The summed E-state index contributed by atoms with van der Waals surface area (Å²) in [7, 11) is 0. The molecule has 0 radical (unpaired) electrons. The number of amides is 1. The Morgan fingerprint density at radius 1 is 1.40 bits per heavy atom. The molecular formula is C14H24N4O2. The van der Waals surface area contributed by atoms with E-state index < -0.39 is 17.2 Å². The number of imidazole rings is 1. The third-order valence-corrected chi connectivity index (χ3v) is 3.56. The highest BCUT2D eigenvalue weighted by Crippen LogP contribution is 2.36. The molecule has 112 valence electrons. The zero-order chi connectivity index (χ0) is 14.8. The Balaban J connectivity index is 2.18. The second-order valence-electron chi connectivity index (χ2n) is 6.45. The number of nitrogens with two attached hydrogens (primary N) is 1. The molecule has 1 aromatic heterocycles. The van der Waals surface area contributed by atoms with Crippen LogP contribution in [0.1, 0.15) is 58.6 Å². The topological polar surface area (TPSA) is 93.0 Å². The van der Waals surface area contributed by atoms with E-state index in [2.05, 4.69) is 15.3 Å². The van der Waals surface area contributed by atoms with Crippen LogP contribution in [0.4, 0.5) is 10.7 Å². The van der Waals surface area contributed by atoms with Gasteiger partial charge in [-0.15, -0.1) is 0 Å². The van der Waals surface area contributed by atoms with Gasteiger partial charge in [0, 0.05) is 0 Å². The van der Waals surface area contributed by atoms with Gasteiger partial charge in [0.25, 0.3) is 0 Å². The lowest BCUT2D eigenvalue weighted by molar-refractivity contribution is 0.0416. The molecule has 1 amide bonds. The highest BCUT2D eigenvalue weighted by Gasteiger charge is 2.38. The molecule has 6 nitrogen and oxygen atoms in total. The average Bonchev–Trinajstić information content (AvgIpc) is 2.75. The fourth-order valence-electron chi connectivity index (χ4n) is 2.70. The maximum atomic E-state index is 12.1. The Hall–Kier alpha value is -1.72. The lowest BCUT2D eigenvalue weighted by atomic mass is 9.79. The van der Waals surface area contributed by atoms with Gasteiger partial charge in [-0.1, -0.05) is 19.3 Å². The molecule has 6 heteroatoms. The smallest absolute Gasteiger partial charge is 0.408 e. The van der Waals surface area contributed by atoms with Gasteiger partial charge < -0.3 is 20.8 Å². The lowest BCUT2D eigenvalue weighted by Crippen LogP contribution is -2.49. The maximum Gasteiger partial charge on any atom is 0.408 e. The van der Waals surface area contributed by atoms with Crippen LogP contribution >= 0.6 is 0 Å². The van der Waals surface area contributed by atoms with Crippen LogP contribution in [0.25, 0.3) is 0 Å². The summed E-state index contributed by atoms with van der Waals surface area (Å²) in [5.74, 6) is 0.371. The van der Waals surface area contributed by atoms with Crippen LogP contribution in [0.15, 0.2) is 6.20 Å². The second kappa shape index (κ2) is 5.34. The van der Waals surface area contributed by atoms with Gasteiger partial charge in [-0.25, -0.2) is 9.78 Å². The Bertz CT molecular complexity index is 470. The Morgan fingerprint density at radius 2 is 2.05 bits per heavy atom. The highest BCUT2D eigenvalue weighted by atomic mass is 16.6.